The highest BCUT2D eigenvalue weighted by molar-refractivity contribution is 5.77. The number of benzene rings is 1. The Labute approximate surface area is 146 Å². The Morgan fingerprint density at radius 3 is 2.40 bits per heavy atom. The van der Waals surface area contributed by atoms with E-state index in [1.807, 2.05) is 43.3 Å². The second kappa shape index (κ2) is 7.34. The number of aromatic nitrogens is 1. The highest BCUT2D eigenvalue weighted by Gasteiger charge is 2.31. The Morgan fingerprint density at radius 1 is 1.16 bits per heavy atom. The van der Waals surface area contributed by atoms with Gasteiger partial charge in [0.15, 0.2) is 0 Å². The van der Waals surface area contributed by atoms with E-state index in [0.29, 0.717) is 13.0 Å². The fourth-order valence-corrected chi connectivity index (χ4v) is 3.01. The van der Waals surface area contributed by atoms with E-state index in [2.05, 4.69) is 10.3 Å². The van der Waals surface area contributed by atoms with Gasteiger partial charge in [-0.05, 0) is 42.2 Å². The highest BCUT2D eigenvalue weighted by atomic mass is 16.4. The molecule has 2 N–H and O–H groups in total. The van der Waals surface area contributed by atoms with Crippen LogP contribution in [0, 0.1) is 5.92 Å². The van der Waals surface area contributed by atoms with Crippen LogP contribution in [-0.4, -0.2) is 40.1 Å². The molecule has 3 rings (SSSR count). The van der Waals surface area contributed by atoms with Gasteiger partial charge in [0.25, 0.3) is 0 Å². The number of urea groups is 1. The van der Waals surface area contributed by atoms with Gasteiger partial charge >= 0.3 is 12.0 Å². The van der Waals surface area contributed by atoms with Gasteiger partial charge < -0.3 is 15.3 Å². The van der Waals surface area contributed by atoms with E-state index in [-0.39, 0.29) is 18.6 Å². The van der Waals surface area contributed by atoms with E-state index in [4.69, 9.17) is 5.11 Å². The summed E-state index contributed by atoms with van der Waals surface area (Å²) >= 11 is 0. The molecule has 6 heteroatoms. The third-order valence-corrected chi connectivity index (χ3v) is 4.59. The third kappa shape index (κ3) is 3.96. The largest absolute Gasteiger partial charge is 0.481 e. The number of nitrogens with one attached hydrogen (secondary N) is 1. The molecular formula is C19H21N3O3. The van der Waals surface area contributed by atoms with Gasteiger partial charge in [-0.3, -0.25) is 9.78 Å². The minimum Gasteiger partial charge on any atom is -0.481 e. The smallest absolute Gasteiger partial charge is 0.317 e. The lowest BCUT2D eigenvalue weighted by Gasteiger charge is -2.21. The van der Waals surface area contributed by atoms with E-state index >= 15 is 0 Å². The second-order valence-electron chi connectivity index (χ2n) is 6.30. The number of pyridine rings is 1. The molecule has 1 aromatic heterocycles. The van der Waals surface area contributed by atoms with Crippen molar-refractivity contribution in [2.75, 3.05) is 13.1 Å². The van der Waals surface area contributed by atoms with Crippen molar-refractivity contribution < 1.29 is 14.7 Å². The number of carboxylic acid groups (broad SMARTS) is 1. The Bertz CT molecular complexity index is 746. The minimum absolute atomic E-state index is 0.150. The van der Waals surface area contributed by atoms with Crippen LogP contribution in [0.3, 0.4) is 0 Å². The van der Waals surface area contributed by atoms with Crippen molar-refractivity contribution >= 4 is 12.0 Å². The van der Waals surface area contributed by atoms with Crippen LogP contribution in [0.1, 0.15) is 24.9 Å². The SMILES string of the molecule is CC(NC(=O)N1CCC(C(=O)O)C1)c1ccc(-c2ccncc2)cc1. The molecule has 1 aliphatic heterocycles. The molecule has 2 amide bonds. The Kier molecular flexibility index (Phi) is 4.97. The van der Waals surface area contributed by atoms with Crippen molar-refractivity contribution in [1.82, 2.24) is 15.2 Å². The molecule has 130 valence electrons. The second-order valence-corrected chi connectivity index (χ2v) is 6.30. The maximum absolute atomic E-state index is 12.3. The molecule has 6 nitrogen and oxygen atoms in total. The number of carbonyl (C=O) groups excluding carboxylic acids is 1. The molecular weight excluding hydrogens is 318 g/mol. The Morgan fingerprint density at radius 2 is 1.80 bits per heavy atom. The molecule has 0 spiro atoms. The Balaban J connectivity index is 1.61. The summed E-state index contributed by atoms with van der Waals surface area (Å²) in [5.74, 6) is -1.30. The van der Waals surface area contributed by atoms with Gasteiger partial charge in [0.2, 0.25) is 0 Å². The van der Waals surface area contributed by atoms with Crippen LogP contribution < -0.4 is 5.32 Å². The predicted octanol–water partition coefficient (Wildman–Crippen LogP) is 2.93. The normalized spacial score (nSPS) is 18.0. The average molecular weight is 339 g/mol. The van der Waals surface area contributed by atoms with E-state index in [0.717, 1.165) is 16.7 Å². The van der Waals surface area contributed by atoms with Crippen LogP contribution in [0.5, 0.6) is 0 Å². The highest BCUT2D eigenvalue weighted by Crippen LogP contribution is 2.22. The van der Waals surface area contributed by atoms with E-state index in [1.165, 1.54) is 0 Å². The maximum Gasteiger partial charge on any atom is 0.317 e. The molecule has 1 saturated heterocycles. The van der Waals surface area contributed by atoms with E-state index in [9.17, 15) is 9.59 Å². The van der Waals surface area contributed by atoms with Gasteiger partial charge in [0, 0.05) is 25.5 Å². The molecule has 2 heterocycles. The monoisotopic (exact) mass is 339 g/mol. The van der Waals surface area contributed by atoms with Gasteiger partial charge in [-0.2, -0.15) is 0 Å². The lowest BCUT2D eigenvalue weighted by molar-refractivity contribution is -0.141. The molecule has 2 atom stereocenters. The van der Waals surface area contributed by atoms with Gasteiger partial charge in [0.1, 0.15) is 0 Å². The molecule has 0 aliphatic carbocycles. The van der Waals surface area contributed by atoms with Crippen LogP contribution in [-0.2, 0) is 4.79 Å². The van der Waals surface area contributed by atoms with Crippen LogP contribution in [0.4, 0.5) is 4.79 Å². The van der Waals surface area contributed by atoms with Crippen LogP contribution >= 0.6 is 0 Å². The van der Waals surface area contributed by atoms with Gasteiger partial charge in [-0.15, -0.1) is 0 Å². The topological polar surface area (TPSA) is 82.5 Å². The van der Waals surface area contributed by atoms with Crippen molar-refractivity contribution in [3.05, 3.63) is 54.4 Å². The standard InChI is InChI=1S/C19H21N3O3/c1-13(21-19(25)22-11-8-17(12-22)18(23)24)14-2-4-15(5-3-14)16-6-9-20-10-7-16/h2-7,9-10,13,17H,8,11-12H2,1H3,(H,21,25)(H,23,24). The Hall–Kier alpha value is -2.89. The number of rotatable bonds is 4. The summed E-state index contributed by atoms with van der Waals surface area (Å²) in [6.45, 7) is 2.68. The van der Waals surface area contributed by atoms with E-state index < -0.39 is 11.9 Å². The third-order valence-electron chi connectivity index (χ3n) is 4.59. The predicted molar refractivity (Wildman–Crippen MR) is 93.9 cm³/mol. The maximum atomic E-state index is 12.3. The average Bonchev–Trinajstić information content (AvgIpc) is 3.13. The zero-order valence-electron chi connectivity index (χ0n) is 14.1. The molecule has 1 aliphatic rings. The number of aliphatic carboxylic acids is 1. The van der Waals surface area contributed by atoms with Gasteiger partial charge in [-0.1, -0.05) is 24.3 Å². The summed E-state index contributed by atoms with van der Waals surface area (Å²) < 4.78 is 0. The molecule has 0 saturated carbocycles. The number of hydrogen-bond acceptors (Lipinski definition) is 3. The fourth-order valence-electron chi connectivity index (χ4n) is 3.01. The number of likely N-dealkylation sites (tertiary alicyclic amines) is 1. The molecule has 1 aromatic carbocycles. The van der Waals surface area contributed by atoms with Crippen LogP contribution in [0.15, 0.2) is 48.8 Å². The molecule has 25 heavy (non-hydrogen) atoms. The number of hydrogen-bond donors (Lipinski definition) is 2. The van der Waals surface area contributed by atoms with Crippen molar-refractivity contribution in [3.8, 4) is 11.1 Å². The lowest BCUT2D eigenvalue weighted by atomic mass is 10.0. The summed E-state index contributed by atoms with van der Waals surface area (Å²) in [4.78, 5) is 28.9. The summed E-state index contributed by atoms with van der Waals surface area (Å²) in [6.07, 6.45) is 4.02. The lowest BCUT2D eigenvalue weighted by Crippen LogP contribution is -2.40. The first-order valence-corrected chi connectivity index (χ1v) is 8.33. The first-order chi connectivity index (χ1) is 12.0. The van der Waals surface area contributed by atoms with Crippen molar-refractivity contribution in [2.45, 2.75) is 19.4 Å². The summed E-state index contributed by atoms with van der Waals surface area (Å²) in [6, 6.07) is 11.6. The molecule has 0 bridgehead atoms. The number of carboxylic acids is 1. The van der Waals surface area contributed by atoms with Crippen molar-refractivity contribution in [1.29, 1.82) is 0 Å². The van der Waals surface area contributed by atoms with Crippen molar-refractivity contribution in [3.63, 3.8) is 0 Å². The molecule has 0 radical (unpaired) electrons. The summed E-state index contributed by atoms with van der Waals surface area (Å²) in [5, 5.41) is 12.0. The van der Waals surface area contributed by atoms with Gasteiger partial charge in [0.05, 0.1) is 12.0 Å². The zero-order valence-corrected chi connectivity index (χ0v) is 14.1. The molecule has 2 unspecified atom stereocenters. The van der Waals surface area contributed by atoms with Crippen LogP contribution in [0.25, 0.3) is 11.1 Å². The summed E-state index contributed by atoms with van der Waals surface area (Å²) in [7, 11) is 0. The molecule has 2 aromatic rings. The summed E-state index contributed by atoms with van der Waals surface area (Å²) in [5.41, 5.74) is 3.18. The minimum atomic E-state index is -0.838. The molecule has 1 fully saturated rings. The number of amides is 2. The number of nitrogens with zero attached hydrogens (tertiary/aromatic N) is 2. The van der Waals surface area contributed by atoms with Gasteiger partial charge in [-0.25, -0.2) is 4.79 Å². The first-order valence-electron chi connectivity index (χ1n) is 8.33. The van der Waals surface area contributed by atoms with Crippen molar-refractivity contribution in [2.24, 2.45) is 5.92 Å². The quantitative estimate of drug-likeness (QED) is 0.897. The van der Waals surface area contributed by atoms with E-state index in [1.54, 1.807) is 17.3 Å². The first kappa shape index (κ1) is 17.0. The van der Waals surface area contributed by atoms with Crippen LogP contribution in [0.2, 0.25) is 0 Å². The fraction of sp³-hybridized carbons (Fsp3) is 0.316. The zero-order chi connectivity index (χ0) is 17.8. The number of carbonyl (C=O) groups is 2.